The van der Waals surface area contributed by atoms with Crippen molar-refractivity contribution in [1.29, 1.82) is 0 Å². The molecule has 2 aromatic heterocycles. The summed E-state index contributed by atoms with van der Waals surface area (Å²) >= 11 is 1.61. The van der Waals surface area contributed by atoms with Crippen molar-refractivity contribution in [2.45, 2.75) is 49.6 Å². The van der Waals surface area contributed by atoms with Crippen molar-refractivity contribution in [3.8, 4) is 0 Å². The third-order valence-electron chi connectivity index (χ3n) is 4.04. The fourth-order valence-electron chi connectivity index (χ4n) is 2.63. The van der Waals surface area contributed by atoms with Crippen LogP contribution in [0.15, 0.2) is 40.0 Å². The second-order valence-electron chi connectivity index (χ2n) is 6.13. The first-order chi connectivity index (χ1) is 11.7. The maximum atomic E-state index is 5.28. The van der Waals surface area contributed by atoms with E-state index in [1.807, 2.05) is 13.0 Å². The molecule has 1 unspecified atom stereocenters. The van der Waals surface area contributed by atoms with Gasteiger partial charge in [-0.3, -0.25) is 0 Å². The number of hydrogen-bond acceptors (Lipinski definition) is 6. The number of benzene rings is 1. The number of aryl methyl sites for hydroxylation is 1. The molecule has 1 atom stereocenters. The third kappa shape index (κ3) is 3.21. The molecule has 3 aromatic rings. The molecule has 1 aromatic carbocycles. The van der Waals surface area contributed by atoms with Gasteiger partial charge in [0.05, 0.1) is 11.8 Å². The SMILES string of the molecule is Cc1noc(C(C)Sc2nnc(C3CC3)n2Cc2ccccc2)n1. The van der Waals surface area contributed by atoms with Crippen molar-refractivity contribution in [2.75, 3.05) is 0 Å². The Bertz CT molecular complexity index is 825. The van der Waals surface area contributed by atoms with Crippen molar-refractivity contribution in [1.82, 2.24) is 24.9 Å². The number of hydrogen-bond donors (Lipinski definition) is 0. The summed E-state index contributed by atoms with van der Waals surface area (Å²) in [5.41, 5.74) is 1.25. The van der Waals surface area contributed by atoms with Crippen LogP contribution in [0.1, 0.15) is 54.0 Å². The van der Waals surface area contributed by atoms with Gasteiger partial charge in [-0.2, -0.15) is 4.98 Å². The van der Waals surface area contributed by atoms with Gasteiger partial charge in [0.1, 0.15) is 5.82 Å². The summed E-state index contributed by atoms with van der Waals surface area (Å²) < 4.78 is 7.52. The fourth-order valence-corrected chi connectivity index (χ4v) is 3.52. The molecule has 1 saturated carbocycles. The molecule has 7 heteroatoms. The van der Waals surface area contributed by atoms with E-state index in [4.69, 9.17) is 4.52 Å². The Hall–Kier alpha value is -2.15. The second-order valence-corrected chi connectivity index (χ2v) is 7.43. The van der Waals surface area contributed by atoms with Crippen molar-refractivity contribution in [2.24, 2.45) is 0 Å². The van der Waals surface area contributed by atoms with E-state index in [1.54, 1.807) is 11.8 Å². The van der Waals surface area contributed by atoms with Crippen LogP contribution in [0.4, 0.5) is 0 Å². The van der Waals surface area contributed by atoms with E-state index in [0.717, 1.165) is 17.5 Å². The molecular weight excluding hydrogens is 322 g/mol. The molecule has 0 bridgehead atoms. The zero-order valence-corrected chi connectivity index (χ0v) is 14.5. The predicted molar refractivity (Wildman–Crippen MR) is 90.8 cm³/mol. The first kappa shape index (κ1) is 15.4. The molecule has 24 heavy (non-hydrogen) atoms. The zero-order valence-electron chi connectivity index (χ0n) is 13.7. The molecule has 0 amide bonds. The highest BCUT2D eigenvalue weighted by Crippen LogP contribution is 2.41. The van der Waals surface area contributed by atoms with Crippen LogP contribution in [0, 0.1) is 6.92 Å². The summed E-state index contributed by atoms with van der Waals surface area (Å²) in [6, 6.07) is 10.4. The van der Waals surface area contributed by atoms with Crippen LogP contribution in [0.3, 0.4) is 0 Å². The second kappa shape index (κ2) is 6.39. The lowest BCUT2D eigenvalue weighted by molar-refractivity contribution is 0.376. The highest BCUT2D eigenvalue weighted by Gasteiger charge is 2.31. The van der Waals surface area contributed by atoms with Gasteiger partial charge in [0, 0.05) is 5.92 Å². The van der Waals surface area contributed by atoms with Gasteiger partial charge in [-0.05, 0) is 32.3 Å². The summed E-state index contributed by atoms with van der Waals surface area (Å²) in [6.07, 6.45) is 2.41. The summed E-state index contributed by atoms with van der Waals surface area (Å²) in [7, 11) is 0. The van der Waals surface area contributed by atoms with Crippen LogP contribution in [-0.4, -0.2) is 24.9 Å². The molecule has 1 aliphatic carbocycles. The number of aromatic nitrogens is 5. The quantitative estimate of drug-likeness (QED) is 0.636. The molecule has 0 N–H and O–H groups in total. The lowest BCUT2D eigenvalue weighted by Gasteiger charge is -2.11. The Morgan fingerprint density at radius 1 is 1.25 bits per heavy atom. The average molecular weight is 341 g/mol. The van der Waals surface area contributed by atoms with Gasteiger partial charge in [0.25, 0.3) is 0 Å². The molecule has 6 nitrogen and oxygen atoms in total. The predicted octanol–water partition coefficient (Wildman–Crippen LogP) is 3.75. The maximum absolute atomic E-state index is 5.28. The largest absolute Gasteiger partial charge is 0.338 e. The molecule has 0 spiro atoms. The maximum Gasteiger partial charge on any atom is 0.239 e. The van der Waals surface area contributed by atoms with Crippen molar-refractivity contribution >= 4 is 11.8 Å². The van der Waals surface area contributed by atoms with Gasteiger partial charge >= 0.3 is 0 Å². The Morgan fingerprint density at radius 3 is 2.71 bits per heavy atom. The number of thioether (sulfide) groups is 1. The summed E-state index contributed by atoms with van der Waals surface area (Å²) in [5.74, 6) is 2.92. The average Bonchev–Trinajstić information content (AvgIpc) is 3.23. The van der Waals surface area contributed by atoms with Crippen LogP contribution < -0.4 is 0 Å². The molecule has 0 aliphatic heterocycles. The molecule has 1 aliphatic rings. The van der Waals surface area contributed by atoms with Crippen LogP contribution in [0.5, 0.6) is 0 Å². The minimum absolute atomic E-state index is 0.0389. The van der Waals surface area contributed by atoms with E-state index in [1.165, 1.54) is 18.4 Å². The number of nitrogens with zero attached hydrogens (tertiary/aromatic N) is 5. The van der Waals surface area contributed by atoms with Crippen LogP contribution in [0.2, 0.25) is 0 Å². The molecule has 4 rings (SSSR count). The number of rotatable bonds is 6. The minimum atomic E-state index is 0.0389. The van der Waals surface area contributed by atoms with Gasteiger partial charge in [-0.25, -0.2) is 0 Å². The zero-order chi connectivity index (χ0) is 16.5. The normalized spacial score (nSPS) is 15.6. The third-order valence-corrected chi connectivity index (χ3v) is 5.11. The van der Waals surface area contributed by atoms with Crippen molar-refractivity contribution in [3.05, 3.63) is 53.4 Å². The van der Waals surface area contributed by atoms with Crippen LogP contribution >= 0.6 is 11.8 Å². The smallest absolute Gasteiger partial charge is 0.239 e. The van der Waals surface area contributed by atoms with E-state index in [0.29, 0.717) is 17.6 Å². The van der Waals surface area contributed by atoms with Crippen LogP contribution in [-0.2, 0) is 6.54 Å². The van der Waals surface area contributed by atoms with Gasteiger partial charge in [0.2, 0.25) is 5.89 Å². The first-order valence-electron chi connectivity index (χ1n) is 8.14. The van der Waals surface area contributed by atoms with E-state index in [9.17, 15) is 0 Å². The van der Waals surface area contributed by atoms with E-state index in [2.05, 4.69) is 56.1 Å². The van der Waals surface area contributed by atoms with E-state index < -0.39 is 0 Å². The summed E-state index contributed by atoms with van der Waals surface area (Å²) in [4.78, 5) is 4.32. The van der Waals surface area contributed by atoms with E-state index in [-0.39, 0.29) is 5.25 Å². The monoisotopic (exact) mass is 341 g/mol. The van der Waals surface area contributed by atoms with Crippen LogP contribution in [0.25, 0.3) is 0 Å². The Morgan fingerprint density at radius 2 is 2.04 bits per heavy atom. The van der Waals surface area contributed by atoms with Crippen molar-refractivity contribution < 1.29 is 4.52 Å². The fraction of sp³-hybridized carbons (Fsp3) is 0.412. The topological polar surface area (TPSA) is 69.6 Å². The van der Waals surface area contributed by atoms with E-state index >= 15 is 0 Å². The van der Waals surface area contributed by atoms with Gasteiger partial charge in [-0.15, -0.1) is 10.2 Å². The summed E-state index contributed by atoms with van der Waals surface area (Å²) in [5, 5.41) is 13.7. The molecule has 0 radical (unpaired) electrons. The highest BCUT2D eigenvalue weighted by atomic mass is 32.2. The van der Waals surface area contributed by atoms with Gasteiger partial charge < -0.3 is 9.09 Å². The Kier molecular flexibility index (Phi) is 4.10. The standard InChI is InChI=1S/C17H19N5OS/c1-11(16-18-12(2)21-23-16)24-17-20-19-15(14-8-9-14)22(17)10-13-6-4-3-5-7-13/h3-7,11,14H,8-10H2,1-2H3. The lowest BCUT2D eigenvalue weighted by Crippen LogP contribution is -2.06. The lowest BCUT2D eigenvalue weighted by atomic mass is 10.2. The highest BCUT2D eigenvalue weighted by molar-refractivity contribution is 7.99. The minimum Gasteiger partial charge on any atom is -0.338 e. The molecule has 2 heterocycles. The van der Waals surface area contributed by atoms with Crippen molar-refractivity contribution in [3.63, 3.8) is 0 Å². The molecule has 124 valence electrons. The molecule has 1 fully saturated rings. The summed E-state index contributed by atoms with van der Waals surface area (Å²) in [6.45, 7) is 4.67. The first-order valence-corrected chi connectivity index (χ1v) is 9.02. The Labute approximate surface area is 144 Å². The van der Waals surface area contributed by atoms with Gasteiger partial charge in [-0.1, -0.05) is 47.3 Å². The Balaban J connectivity index is 1.60. The van der Waals surface area contributed by atoms with Gasteiger partial charge in [0.15, 0.2) is 11.0 Å². The molecular formula is C17H19N5OS. The molecule has 0 saturated heterocycles.